The lowest BCUT2D eigenvalue weighted by molar-refractivity contribution is 0.314. The standard InChI is InChI=1S/C17H22N6/c18-7-5-16(12-3-1-2-4-12)23-11-13(10-22-23)15(9-19)14-6-8-21-17(14)20/h6,8-12,16,21H,1-5,19-20H2/b15-9-. The van der Waals surface area contributed by atoms with Gasteiger partial charge in [0.1, 0.15) is 5.82 Å². The van der Waals surface area contributed by atoms with E-state index in [0.717, 1.165) is 16.7 Å². The highest BCUT2D eigenvalue weighted by molar-refractivity contribution is 5.83. The van der Waals surface area contributed by atoms with Gasteiger partial charge in [0.15, 0.2) is 0 Å². The topological polar surface area (TPSA) is 109 Å². The number of nitrogens with one attached hydrogen (secondary N) is 1. The number of hydrogen-bond donors (Lipinski definition) is 3. The Morgan fingerprint density at radius 2 is 2.30 bits per heavy atom. The normalized spacial score (nSPS) is 17.3. The van der Waals surface area contributed by atoms with E-state index in [1.54, 1.807) is 18.6 Å². The fraction of sp³-hybridized carbons (Fsp3) is 0.412. The van der Waals surface area contributed by atoms with E-state index in [-0.39, 0.29) is 6.04 Å². The Labute approximate surface area is 135 Å². The first-order valence-electron chi connectivity index (χ1n) is 8.01. The van der Waals surface area contributed by atoms with Crippen molar-refractivity contribution in [3.8, 4) is 6.07 Å². The maximum absolute atomic E-state index is 9.16. The molecule has 1 aliphatic rings. The van der Waals surface area contributed by atoms with Crippen molar-refractivity contribution in [1.82, 2.24) is 14.8 Å². The monoisotopic (exact) mass is 310 g/mol. The first kappa shape index (κ1) is 15.2. The predicted octanol–water partition coefficient (Wildman–Crippen LogP) is 2.79. The van der Waals surface area contributed by atoms with E-state index in [2.05, 4.69) is 16.2 Å². The van der Waals surface area contributed by atoms with Gasteiger partial charge in [0.25, 0.3) is 0 Å². The minimum Gasteiger partial charge on any atom is -0.404 e. The van der Waals surface area contributed by atoms with Gasteiger partial charge in [0.2, 0.25) is 0 Å². The number of nitrogen functional groups attached to an aromatic ring is 1. The second-order valence-electron chi connectivity index (χ2n) is 6.07. The average Bonchev–Trinajstić information content (AvgIpc) is 3.29. The van der Waals surface area contributed by atoms with Crippen molar-refractivity contribution in [3.05, 3.63) is 42.0 Å². The molecule has 0 aliphatic heterocycles. The van der Waals surface area contributed by atoms with Crippen LogP contribution in [-0.2, 0) is 0 Å². The van der Waals surface area contributed by atoms with Crippen LogP contribution < -0.4 is 11.5 Å². The van der Waals surface area contributed by atoms with Gasteiger partial charge in [-0.05, 0) is 24.8 Å². The molecule has 6 nitrogen and oxygen atoms in total. The zero-order valence-corrected chi connectivity index (χ0v) is 13.1. The Morgan fingerprint density at radius 3 is 2.91 bits per heavy atom. The zero-order chi connectivity index (χ0) is 16.2. The minimum absolute atomic E-state index is 0.138. The predicted molar refractivity (Wildman–Crippen MR) is 89.9 cm³/mol. The fourth-order valence-electron chi connectivity index (χ4n) is 3.53. The minimum atomic E-state index is 0.138. The van der Waals surface area contributed by atoms with E-state index in [9.17, 15) is 0 Å². The molecule has 0 bridgehead atoms. The van der Waals surface area contributed by atoms with Gasteiger partial charge in [-0.2, -0.15) is 10.4 Å². The molecule has 0 spiro atoms. The van der Waals surface area contributed by atoms with Crippen LogP contribution in [0.1, 0.15) is 49.3 Å². The van der Waals surface area contributed by atoms with Gasteiger partial charge in [-0.1, -0.05) is 12.8 Å². The van der Waals surface area contributed by atoms with E-state index >= 15 is 0 Å². The van der Waals surface area contributed by atoms with Gasteiger partial charge >= 0.3 is 0 Å². The van der Waals surface area contributed by atoms with Crippen molar-refractivity contribution in [1.29, 1.82) is 5.26 Å². The number of nitrogens with zero attached hydrogens (tertiary/aromatic N) is 3. The lowest BCUT2D eigenvalue weighted by Gasteiger charge is -2.21. The number of nitrogens with two attached hydrogens (primary N) is 2. The van der Waals surface area contributed by atoms with Gasteiger partial charge < -0.3 is 16.5 Å². The summed E-state index contributed by atoms with van der Waals surface area (Å²) >= 11 is 0. The summed E-state index contributed by atoms with van der Waals surface area (Å²) in [6.07, 6.45) is 12.4. The number of nitriles is 1. The molecule has 5 N–H and O–H groups in total. The SMILES string of the molecule is N#CCC(C1CCCC1)n1cc(/C(=C/N)c2cc[nH]c2N)cn1. The van der Waals surface area contributed by atoms with Crippen LogP contribution in [0, 0.1) is 17.2 Å². The molecule has 2 aromatic rings. The van der Waals surface area contributed by atoms with Crippen LogP contribution in [0.3, 0.4) is 0 Å². The van der Waals surface area contributed by atoms with Crippen molar-refractivity contribution in [2.24, 2.45) is 11.7 Å². The molecule has 2 aromatic heterocycles. The molecule has 1 saturated carbocycles. The second kappa shape index (κ2) is 6.61. The summed E-state index contributed by atoms with van der Waals surface area (Å²) in [5.74, 6) is 1.11. The molecule has 120 valence electrons. The zero-order valence-electron chi connectivity index (χ0n) is 13.1. The molecule has 1 fully saturated rings. The van der Waals surface area contributed by atoms with Crippen LogP contribution in [0.2, 0.25) is 0 Å². The van der Waals surface area contributed by atoms with Gasteiger partial charge in [-0.3, -0.25) is 4.68 Å². The summed E-state index contributed by atoms with van der Waals surface area (Å²) in [5, 5.41) is 13.7. The smallest absolute Gasteiger partial charge is 0.108 e. The van der Waals surface area contributed by atoms with Gasteiger partial charge in [0, 0.05) is 35.3 Å². The van der Waals surface area contributed by atoms with Gasteiger partial charge in [-0.25, -0.2) is 0 Å². The molecule has 6 heteroatoms. The van der Waals surface area contributed by atoms with Crippen LogP contribution in [0.5, 0.6) is 0 Å². The molecule has 1 aliphatic carbocycles. The summed E-state index contributed by atoms with van der Waals surface area (Å²) in [4.78, 5) is 2.96. The van der Waals surface area contributed by atoms with Crippen molar-refractivity contribution in [3.63, 3.8) is 0 Å². The number of hydrogen-bond acceptors (Lipinski definition) is 4. The Hall–Kier alpha value is -2.68. The summed E-state index contributed by atoms with van der Waals surface area (Å²) < 4.78 is 1.93. The first-order valence-corrected chi connectivity index (χ1v) is 8.01. The molecule has 1 atom stereocenters. The molecule has 3 rings (SSSR count). The lowest BCUT2D eigenvalue weighted by atomic mass is 9.96. The maximum atomic E-state index is 9.16. The van der Waals surface area contributed by atoms with Crippen molar-refractivity contribution >= 4 is 11.4 Å². The fourth-order valence-corrected chi connectivity index (χ4v) is 3.53. The third-order valence-electron chi connectivity index (χ3n) is 4.73. The van der Waals surface area contributed by atoms with Crippen LogP contribution in [0.25, 0.3) is 5.57 Å². The van der Waals surface area contributed by atoms with E-state index in [4.69, 9.17) is 16.7 Å². The van der Waals surface area contributed by atoms with Crippen LogP contribution in [0.15, 0.2) is 30.9 Å². The molecular weight excluding hydrogens is 288 g/mol. The highest BCUT2D eigenvalue weighted by atomic mass is 15.3. The first-order chi connectivity index (χ1) is 11.2. The molecule has 1 unspecified atom stereocenters. The van der Waals surface area contributed by atoms with Crippen molar-refractivity contribution in [2.75, 3.05) is 5.73 Å². The summed E-state index contributed by atoms with van der Waals surface area (Å²) in [6, 6.07) is 4.34. The van der Waals surface area contributed by atoms with Crippen LogP contribution in [-0.4, -0.2) is 14.8 Å². The number of H-pyrrole nitrogens is 1. The molecular formula is C17H22N6. The highest BCUT2D eigenvalue weighted by Crippen LogP contribution is 2.36. The van der Waals surface area contributed by atoms with Crippen LogP contribution >= 0.6 is 0 Å². The van der Waals surface area contributed by atoms with Crippen molar-refractivity contribution < 1.29 is 0 Å². The molecule has 2 heterocycles. The molecule has 0 amide bonds. The van der Waals surface area contributed by atoms with E-state index in [1.807, 2.05) is 16.9 Å². The summed E-state index contributed by atoms with van der Waals surface area (Å²) in [7, 11) is 0. The molecule has 0 radical (unpaired) electrons. The quantitative estimate of drug-likeness (QED) is 0.788. The van der Waals surface area contributed by atoms with E-state index < -0.39 is 0 Å². The number of aromatic nitrogens is 3. The third-order valence-corrected chi connectivity index (χ3v) is 4.73. The highest BCUT2D eigenvalue weighted by Gasteiger charge is 2.27. The summed E-state index contributed by atoms with van der Waals surface area (Å²) in [6.45, 7) is 0. The largest absolute Gasteiger partial charge is 0.404 e. The van der Waals surface area contributed by atoms with E-state index in [0.29, 0.717) is 18.2 Å². The third kappa shape index (κ3) is 2.95. The Balaban J connectivity index is 1.89. The number of aromatic amines is 1. The van der Waals surface area contributed by atoms with Gasteiger partial charge in [0.05, 0.1) is 24.7 Å². The Morgan fingerprint density at radius 1 is 1.52 bits per heavy atom. The van der Waals surface area contributed by atoms with Crippen molar-refractivity contribution in [2.45, 2.75) is 38.1 Å². The Bertz CT molecular complexity index is 726. The molecule has 0 aromatic carbocycles. The number of rotatable bonds is 5. The number of anilines is 1. The van der Waals surface area contributed by atoms with Gasteiger partial charge in [-0.15, -0.1) is 0 Å². The molecule has 23 heavy (non-hydrogen) atoms. The average molecular weight is 310 g/mol. The maximum Gasteiger partial charge on any atom is 0.108 e. The summed E-state index contributed by atoms with van der Waals surface area (Å²) in [5.41, 5.74) is 14.4. The second-order valence-corrected chi connectivity index (χ2v) is 6.07. The van der Waals surface area contributed by atoms with E-state index in [1.165, 1.54) is 25.7 Å². The lowest BCUT2D eigenvalue weighted by Crippen LogP contribution is -2.17. The Kier molecular flexibility index (Phi) is 4.38. The van der Waals surface area contributed by atoms with Crippen LogP contribution in [0.4, 0.5) is 5.82 Å². The molecule has 0 saturated heterocycles.